The van der Waals surface area contributed by atoms with Crippen molar-refractivity contribution < 1.29 is 4.79 Å². The van der Waals surface area contributed by atoms with E-state index in [4.69, 9.17) is 0 Å². The fourth-order valence-electron chi connectivity index (χ4n) is 1.77. The van der Waals surface area contributed by atoms with Gasteiger partial charge in [-0.1, -0.05) is 18.6 Å². The molecule has 0 amide bonds. The van der Waals surface area contributed by atoms with Crippen LogP contribution in [-0.2, 0) is 4.79 Å². The van der Waals surface area contributed by atoms with Crippen molar-refractivity contribution >= 4 is 5.78 Å². The molecule has 1 saturated carbocycles. The summed E-state index contributed by atoms with van der Waals surface area (Å²) in [6.45, 7) is 0. The zero-order chi connectivity index (χ0) is 6.27. The molecule has 48 valence electrons. The fourth-order valence-corrected chi connectivity index (χ4v) is 1.77. The first-order valence-electron chi connectivity index (χ1n) is 3.60. The van der Waals surface area contributed by atoms with E-state index in [9.17, 15) is 4.79 Å². The lowest BCUT2D eigenvalue weighted by molar-refractivity contribution is -0.124. The third-order valence-electron chi connectivity index (χ3n) is 2.34. The Kier molecular flexibility index (Phi) is 0.981. The summed E-state index contributed by atoms with van der Waals surface area (Å²) < 4.78 is 0. The summed E-state index contributed by atoms with van der Waals surface area (Å²) in [5, 5.41) is 0. The van der Waals surface area contributed by atoms with Gasteiger partial charge in [0.1, 0.15) is 5.78 Å². The molecule has 1 fully saturated rings. The van der Waals surface area contributed by atoms with Crippen molar-refractivity contribution in [3.63, 3.8) is 0 Å². The Bertz CT molecular complexity index is 153. The van der Waals surface area contributed by atoms with Crippen molar-refractivity contribution in [1.29, 1.82) is 0 Å². The van der Waals surface area contributed by atoms with E-state index in [0.29, 0.717) is 17.6 Å². The largest absolute Gasteiger partial charge is 0.298 e. The number of fused-ring (bicyclic) bond motifs is 2. The monoisotopic (exact) mass is 122 g/mol. The number of hydrogen-bond donors (Lipinski definition) is 0. The fraction of sp³-hybridized carbons (Fsp3) is 0.625. The summed E-state index contributed by atoms with van der Waals surface area (Å²) >= 11 is 0. The molecule has 0 radical (unpaired) electrons. The average molecular weight is 122 g/mol. The van der Waals surface area contributed by atoms with Crippen LogP contribution in [0.5, 0.6) is 0 Å². The molecule has 2 aliphatic rings. The van der Waals surface area contributed by atoms with E-state index in [1.165, 1.54) is 6.42 Å². The van der Waals surface area contributed by atoms with Crippen LogP contribution in [0.2, 0.25) is 0 Å². The van der Waals surface area contributed by atoms with E-state index >= 15 is 0 Å². The maximum absolute atomic E-state index is 11.1. The minimum absolute atomic E-state index is 0.309. The molecule has 2 aliphatic carbocycles. The van der Waals surface area contributed by atoms with E-state index in [1.807, 2.05) is 0 Å². The number of hydrogen-bond acceptors (Lipinski definition) is 1. The quantitative estimate of drug-likeness (QED) is 0.445. The Morgan fingerprint density at radius 2 is 1.78 bits per heavy atom. The van der Waals surface area contributed by atoms with Gasteiger partial charge in [0, 0.05) is 11.8 Å². The molecule has 0 aliphatic heterocycles. The Morgan fingerprint density at radius 3 is 2.22 bits per heavy atom. The number of allylic oxidation sites excluding steroid dienone is 2. The first-order chi connectivity index (χ1) is 4.38. The normalized spacial score (nSPS) is 39.8. The lowest BCUT2D eigenvalue weighted by Crippen LogP contribution is -2.19. The first-order valence-corrected chi connectivity index (χ1v) is 3.60. The van der Waals surface area contributed by atoms with Gasteiger partial charge in [0.25, 0.3) is 0 Å². The summed E-state index contributed by atoms with van der Waals surface area (Å²) in [6, 6.07) is 0. The van der Waals surface area contributed by atoms with Gasteiger partial charge in [-0.05, 0) is 12.8 Å². The highest BCUT2D eigenvalue weighted by molar-refractivity contribution is 5.89. The van der Waals surface area contributed by atoms with Crippen LogP contribution in [0.25, 0.3) is 0 Å². The highest BCUT2D eigenvalue weighted by Crippen LogP contribution is 2.32. The molecule has 0 N–H and O–H groups in total. The van der Waals surface area contributed by atoms with Gasteiger partial charge in [0.15, 0.2) is 0 Å². The van der Waals surface area contributed by atoms with E-state index in [2.05, 4.69) is 12.2 Å². The SMILES string of the molecule is O=C1C2C=CC1CCC2. The van der Waals surface area contributed by atoms with Crippen LogP contribution in [0.3, 0.4) is 0 Å². The number of Topliss-reactive ketones (excluding diaryl/α,β-unsaturated/α-hetero) is 1. The third kappa shape index (κ3) is 0.640. The predicted octanol–water partition coefficient (Wildman–Crippen LogP) is 1.54. The molecule has 1 heteroatoms. The number of carbonyl (C=O) groups excluding carboxylic acids is 1. The molecule has 9 heavy (non-hydrogen) atoms. The van der Waals surface area contributed by atoms with Crippen LogP contribution in [0.15, 0.2) is 12.2 Å². The van der Waals surface area contributed by atoms with Crippen molar-refractivity contribution in [2.45, 2.75) is 19.3 Å². The molecule has 2 unspecified atom stereocenters. The van der Waals surface area contributed by atoms with E-state index in [1.54, 1.807) is 0 Å². The molecule has 2 atom stereocenters. The van der Waals surface area contributed by atoms with Gasteiger partial charge in [-0.2, -0.15) is 0 Å². The van der Waals surface area contributed by atoms with Crippen molar-refractivity contribution in [2.75, 3.05) is 0 Å². The predicted molar refractivity (Wildman–Crippen MR) is 35.0 cm³/mol. The van der Waals surface area contributed by atoms with E-state index in [0.717, 1.165) is 12.8 Å². The van der Waals surface area contributed by atoms with Crippen molar-refractivity contribution in [2.24, 2.45) is 11.8 Å². The Morgan fingerprint density at radius 1 is 1.22 bits per heavy atom. The summed E-state index contributed by atoms with van der Waals surface area (Å²) in [7, 11) is 0. The van der Waals surface area contributed by atoms with Crippen molar-refractivity contribution in [1.82, 2.24) is 0 Å². The molecule has 0 heterocycles. The Balaban J connectivity index is 2.27. The van der Waals surface area contributed by atoms with Gasteiger partial charge in [0.05, 0.1) is 0 Å². The summed E-state index contributed by atoms with van der Waals surface area (Å²) in [4.78, 5) is 11.1. The third-order valence-corrected chi connectivity index (χ3v) is 2.34. The molecule has 0 spiro atoms. The number of rotatable bonds is 0. The van der Waals surface area contributed by atoms with E-state index < -0.39 is 0 Å². The summed E-state index contributed by atoms with van der Waals surface area (Å²) in [5.41, 5.74) is 0. The zero-order valence-corrected chi connectivity index (χ0v) is 5.34. The molecule has 1 nitrogen and oxygen atoms in total. The summed E-state index contributed by atoms with van der Waals surface area (Å²) in [5.74, 6) is 1.09. The first kappa shape index (κ1) is 5.21. The molecular weight excluding hydrogens is 112 g/mol. The van der Waals surface area contributed by atoms with Crippen LogP contribution in [0, 0.1) is 11.8 Å². The molecular formula is C8H10O. The van der Waals surface area contributed by atoms with Crippen LogP contribution in [0.1, 0.15) is 19.3 Å². The Hall–Kier alpha value is -0.590. The van der Waals surface area contributed by atoms with Crippen LogP contribution in [-0.4, -0.2) is 5.78 Å². The van der Waals surface area contributed by atoms with Gasteiger partial charge < -0.3 is 0 Å². The molecule has 0 saturated heterocycles. The smallest absolute Gasteiger partial charge is 0.146 e. The maximum atomic E-state index is 11.1. The second-order valence-electron chi connectivity index (χ2n) is 2.93. The number of carbonyl (C=O) groups is 1. The van der Waals surface area contributed by atoms with Gasteiger partial charge in [0.2, 0.25) is 0 Å². The molecule has 0 aromatic heterocycles. The maximum Gasteiger partial charge on any atom is 0.146 e. The lowest BCUT2D eigenvalue weighted by Gasteiger charge is -2.16. The zero-order valence-electron chi connectivity index (χ0n) is 5.34. The minimum atomic E-state index is 0.309. The van der Waals surface area contributed by atoms with E-state index in [-0.39, 0.29) is 0 Å². The second kappa shape index (κ2) is 1.69. The van der Waals surface area contributed by atoms with Crippen molar-refractivity contribution in [3.8, 4) is 0 Å². The highest BCUT2D eigenvalue weighted by atomic mass is 16.1. The standard InChI is InChI=1S/C8H10O/c9-8-6-2-1-3-7(8)5-4-6/h4-7H,1-3H2. The number of ketones is 1. The van der Waals surface area contributed by atoms with Crippen molar-refractivity contribution in [3.05, 3.63) is 12.2 Å². The van der Waals surface area contributed by atoms with Crippen LogP contribution >= 0.6 is 0 Å². The molecule has 0 aromatic carbocycles. The lowest BCUT2D eigenvalue weighted by atomic mass is 9.87. The van der Waals surface area contributed by atoms with Gasteiger partial charge in [-0.3, -0.25) is 4.79 Å². The van der Waals surface area contributed by atoms with Gasteiger partial charge >= 0.3 is 0 Å². The van der Waals surface area contributed by atoms with Crippen LogP contribution < -0.4 is 0 Å². The molecule has 0 aromatic rings. The highest BCUT2D eigenvalue weighted by Gasteiger charge is 2.32. The minimum Gasteiger partial charge on any atom is -0.298 e. The van der Waals surface area contributed by atoms with Gasteiger partial charge in [-0.25, -0.2) is 0 Å². The molecule has 2 bridgehead atoms. The van der Waals surface area contributed by atoms with Gasteiger partial charge in [-0.15, -0.1) is 0 Å². The van der Waals surface area contributed by atoms with Crippen LogP contribution in [0.4, 0.5) is 0 Å². The summed E-state index contributed by atoms with van der Waals surface area (Å²) in [6.07, 6.45) is 7.62. The topological polar surface area (TPSA) is 17.1 Å². The Labute approximate surface area is 54.8 Å². The molecule has 2 rings (SSSR count). The average Bonchev–Trinajstić information content (AvgIpc) is 2.19. The second-order valence-corrected chi connectivity index (χ2v) is 2.93.